The summed E-state index contributed by atoms with van der Waals surface area (Å²) in [7, 11) is 0.436. The molecule has 3 fully saturated rings. The van der Waals surface area contributed by atoms with Gasteiger partial charge in [-0.2, -0.15) is 0 Å². The Morgan fingerprint density at radius 3 is 1.14 bits per heavy atom. The summed E-state index contributed by atoms with van der Waals surface area (Å²) in [5, 5.41) is 0. The molecular formula is C19H34ClPPd. The Morgan fingerprint density at radius 1 is 0.773 bits per heavy atom. The largest absolute Gasteiger partial charge is 2.00 e. The average Bonchev–Trinajstić information content (AvgIpc) is 3.13. The standard InChI is InChI=1S/C15H27P.C4H7.ClH.Pd/c1-2-8-13(7-1)16(14-9-3-4-10-14)15-11-5-6-12-15;1-4(2)3;;/h13-15H,1-12H2;1-2H2,3H3;1H;/q;-1;;+2/p-1. The number of rotatable bonds is 3. The average molecular weight is 435 g/mol. The van der Waals surface area contributed by atoms with Crippen molar-refractivity contribution in [3.63, 3.8) is 0 Å². The van der Waals surface area contributed by atoms with Crippen LogP contribution >= 0.6 is 7.92 Å². The molecule has 22 heavy (non-hydrogen) atoms. The molecular weight excluding hydrogens is 401 g/mol. The number of allylic oxidation sites excluding steroid dienone is 1. The Morgan fingerprint density at radius 2 is 0.955 bits per heavy atom. The Kier molecular flexibility index (Phi) is 12.9. The maximum atomic E-state index is 3.44. The van der Waals surface area contributed by atoms with Crippen LogP contribution in [0.2, 0.25) is 0 Å². The molecule has 0 amide bonds. The van der Waals surface area contributed by atoms with Gasteiger partial charge in [-0.25, -0.2) is 19.1 Å². The van der Waals surface area contributed by atoms with Crippen molar-refractivity contribution >= 4 is 7.92 Å². The van der Waals surface area contributed by atoms with Crippen molar-refractivity contribution < 1.29 is 32.8 Å². The first-order valence-electron chi connectivity index (χ1n) is 8.93. The molecule has 0 unspecified atom stereocenters. The summed E-state index contributed by atoms with van der Waals surface area (Å²) in [5.41, 5.74) is 4.54. The summed E-state index contributed by atoms with van der Waals surface area (Å²) in [6, 6.07) is 0. The van der Waals surface area contributed by atoms with Crippen LogP contribution in [0.5, 0.6) is 0 Å². The summed E-state index contributed by atoms with van der Waals surface area (Å²) in [5.74, 6) is 0. The zero-order valence-corrected chi connectivity index (χ0v) is 17.5. The third-order valence-electron chi connectivity index (χ3n) is 5.24. The fraction of sp³-hybridized carbons (Fsp3) is 0.842. The Hall–Kier alpha value is 0.992. The third kappa shape index (κ3) is 7.26. The minimum Gasteiger partial charge on any atom is -1.00 e. The monoisotopic (exact) mass is 434 g/mol. The van der Waals surface area contributed by atoms with E-state index in [9.17, 15) is 0 Å². The first-order valence-corrected chi connectivity index (χ1v) is 10.5. The number of hydrogen-bond acceptors (Lipinski definition) is 0. The first kappa shape index (κ1) is 23.0. The van der Waals surface area contributed by atoms with Crippen molar-refractivity contribution in [2.45, 2.75) is 101 Å². The third-order valence-corrected chi connectivity index (χ3v) is 9.32. The molecule has 0 heterocycles. The summed E-state index contributed by atoms with van der Waals surface area (Å²) in [6.45, 7) is 8.75. The van der Waals surface area contributed by atoms with Gasteiger partial charge in [-0.15, -0.1) is 0 Å². The van der Waals surface area contributed by atoms with Gasteiger partial charge in [0.05, 0.1) is 0 Å². The van der Waals surface area contributed by atoms with Crippen LogP contribution < -0.4 is 12.4 Å². The van der Waals surface area contributed by atoms with Gasteiger partial charge in [0.25, 0.3) is 0 Å². The molecule has 0 atom stereocenters. The first-order chi connectivity index (χ1) is 9.68. The van der Waals surface area contributed by atoms with Crippen LogP contribution in [0.3, 0.4) is 0 Å². The molecule has 0 bridgehead atoms. The Labute approximate surface area is 160 Å². The summed E-state index contributed by atoms with van der Waals surface area (Å²) < 4.78 is 0. The molecule has 0 saturated heterocycles. The van der Waals surface area contributed by atoms with Crippen molar-refractivity contribution in [3.05, 3.63) is 19.1 Å². The molecule has 3 rings (SSSR count). The van der Waals surface area contributed by atoms with Crippen LogP contribution in [-0.4, -0.2) is 17.0 Å². The van der Waals surface area contributed by atoms with Crippen LogP contribution in [0.15, 0.2) is 12.2 Å². The van der Waals surface area contributed by atoms with E-state index in [1.165, 1.54) is 17.0 Å². The topological polar surface area (TPSA) is 0 Å². The smallest absolute Gasteiger partial charge is 1.00 e. The maximum absolute atomic E-state index is 3.44. The van der Waals surface area contributed by atoms with Gasteiger partial charge in [0.2, 0.25) is 0 Å². The summed E-state index contributed by atoms with van der Waals surface area (Å²) >= 11 is 0. The van der Waals surface area contributed by atoms with Crippen molar-refractivity contribution in [2.24, 2.45) is 0 Å². The van der Waals surface area contributed by atoms with Gasteiger partial charge < -0.3 is 12.4 Å². The Balaban J connectivity index is 0.000000665. The zero-order chi connectivity index (χ0) is 14.4. The fourth-order valence-corrected chi connectivity index (χ4v) is 9.17. The molecule has 0 nitrogen and oxygen atoms in total. The molecule has 132 valence electrons. The normalized spacial score (nSPS) is 22.8. The quantitative estimate of drug-likeness (QED) is 0.361. The molecule has 0 spiro atoms. The molecule has 0 aromatic rings. The Bertz CT molecular complexity index is 248. The van der Waals surface area contributed by atoms with Gasteiger partial charge in [-0.05, 0) is 55.5 Å². The van der Waals surface area contributed by atoms with Crippen molar-refractivity contribution in [1.29, 1.82) is 0 Å². The van der Waals surface area contributed by atoms with E-state index >= 15 is 0 Å². The van der Waals surface area contributed by atoms with E-state index in [1.54, 1.807) is 77.0 Å². The van der Waals surface area contributed by atoms with Crippen LogP contribution in [-0.2, 0) is 20.4 Å². The van der Waals surface area contributed by atoms with E-state index in [1.807, 2.05) is 6.92 Å². The van der Waals surface area contributed by atoms with Gasteiger partial charge in [0, 0.05) is 0 Å². The summed E-state index contributed by atoms with van der Waals surface area (Å²) in [6.07, 6.45) is 19.0. The molecule has 3 saturated carbocycles. The summed E-state index contributed by atoms with van der Waals surface area (Å²) in [4.78, 5) is 0. The maximum Gasteiger partial charge on any atom is 2.00 e. The van der Waals surface area contributed by atoms with Gasteiger partial charge in [0.15, 0.2) is 0 Å². The molecule has 0 aromatic heterocycles. The van der Waals surface area contributed by atoms with Crippen LogP contribution in [0.4, 0.5) is 0 Å². The van der Waals surface area contributed by atoms with E-state index in [0.717, 1.165) is 5.57 Å². The molecule has 3 heteroatoms. The number of hydrogen-bond donors (Lipinski definition) is 0. The second kappa shape index (κ2) is 12.4. The minimum absolute atomic E-state index is 0. The molecule has 0 aliphatic heterocycles. The second-order valence-corrected chi connectivity index (χ2v) is 10.3. The molecule has 3 aliphatic rings. The van der Waals surface area contributed by atoms with Crippen molar-refractivity contribution in [1.82, 2.24) is 0 Å². The predicted octanol–water partition coefficient (Wildman–Crippen LogP) is 3.69. The predicted molar refractivity (Wildman–Crippen MR) is 93.9 cm³/mol. The van der Waals surface area contributed by atoms with Gasteiger partial charge in [0.1, 0.15) is 0 Å². The van der Waals surface area contributed by atoms with Crippen LogP contribution in [0, 0.1) is 6.92 Å². The zero-order valence-electron chi connectivity index (χ0n) is 14.3. The molecule has 0 radical (unpaired) electrons. The molecule has 0 aromatic carbocycles. The van der Waals surface area contributed by atoms with Gasteiger partial charge in [-0.3, -0.25) is 0 Å². The second-order valence-electron chi connectivity index (χ2n) is 7.22. The fourth-order valence-electron chi connectivity index (χ4n) is 4.50. The van der Waals surface area contributed by atoms with E-state index < -0.39 is 0 Å². The van der Waals surface area contributed by atoms with Gasteiger partial charge >= 0.3 is 20.4 Å². The van der Waals surface area contributed by atoms with Crippen LogP contribution in [0.25, 0.3) is 0 Å². The van der Waals surface area contributed by atoms with E-state index in [2.05, 4.69) is 13.5 Å². The van der Waals surface area contributed by atoms with Crippen molar-refractivity contribution in [3.8, 4) is 0 Å². The number of halogens is 1. The van der Waals surface area contributed by atoms with Gasteiger partial charge in [-0.1, -0.05) is 53.4 Å². The molecule has 0 N–H and O–H groups in total. The van der Waals surface area contributed by atoms with Crippen LogP contribution in [0.1, 0.15) is 84.0 Å². The van der Waals surface area contributed by atoms with E-state index in [0.29, 0.717) is 7.92 Å². The van der Waals surface area contributed by atoms with E-state index in [4.69, 9.17) is 0 Å². The van der Waals surface area contributed by atoms with E-state index in [-0.39, 0.29) is 32.8 Å². The van der Waals surface area contributed by atoms with Crippen molar-refractivity contribution in [2.75, 3.05) is 0 Å². The SMILES string of the molecule is C1CCC(P(C2CCCC2)C2CCCC2)C1.C=C([CH2-])C.[Cl-].[Pd+2]. The molecule has 3 aliphatic carbocycles. The minimum atomic E-state index is 0.